The molecule has 0 spiro atoms. The molecule has 1 unspecified atom stereocenters. The Hall–Kier alpha value is -2.11. The molecule has 1 saturated heterocycles. The first-order valence-electron chi connectivity index (χ1n) is 8.66. The van der Waals surface area contributed by atoms with Crippen LogP contribution in [-0.2, 0) is 4.79 Å². The van der Waals surface area contributed by atoms with Crippen molar-refractivity contribution in [1.82, 2.24) is 14.8 Å². The minimum absolute atomic E-state index is 0.0795. The van der Waals surface area contributed by atoms with Crippen LogP contribution < -0.4 is 4.90 Å². The van der Waals surface area contributed by atoms with Crippen LogP contribution in [-0.4, -0.2) is 66.4 Å². The Labute approximate surface area is 144 Å². The van der Waals surface area contributed by atoms with Crippen molar-refractivity contribution in [3.63, 3.8) is 0 Å². The molecule has 1 aliphatic rings. The zero-order valence-electron chi connectivity index (χ0n) is 15.2. The van der Waals surface area contributed by atoms with Crippen LogP contribution in [0.3, 0.4) is 0 Å². The molecular formula is C18H28N4O2. The van der Waals surface area contributed by atoms with Crippen molar-refractivity contribution in [2.75, 3.05) is 38.6 Å². The van der Waals surface area contributed by atoms with Gasteiger partial charge in [-0.05, 0) is 45.2 Å². The summed E-state index contributed by atoms with van der Waals surface area (Å²) in [5, 5.41) is 0. The van der Waals surface area contributed by atoms with Gasteiger partial charge < -0.3 is 14.7 Å². The lowest BCUT2D eigenvalue weighted by molar-refractivity contribution is -0.129. The van der Waals surface area contributed by atoms with Gasteiger partial charge in [0.2, 0.25) is 5.91 Å². The molecule has 1 aromatic heterocycles. The van der Waals surface area contributed by atoms with Gasteiger partial charge in [0, 0.05) is 45.0 Å². The molecule has 0 radical (unpaired) electrons. The van der Waals surface area contributed by atoms with Gasteiger partial charge in [-0.25, -0.2) is 4.98 Å². The van der Waals surface area contributed by atoms with Gasteiger partial charge in [-0.2, -0.15) is 0 Å². The molecule has 2 rings (SSSR count). The fourth-order valence-corrected chi connectivity index (χ4v) is 2.96. The van der Waals surface area contributed by atoms with Crippen molar-refractivity contribution in [2.24, 2.45) is 0 Å². The van der Waals surface area contributed by atoms with Crippen molar-refractivity contribution in [3.05, 3.63) is 23.9 Å². The molecule has 2 amide bonds. The number of aromatic nitrogens is 1. The first kappa shape index (κ1) is 18.2. The first-order chi connectivity index (χ1) is 11.4. The summed E-state index contributed by atoms with van der Waals surface area (Å²) in [4.78, 5) is 34.5. The summed E-state index contributed by atoms with van der Waals surface area (Å²) in [7, 11) is 3.39. The number of likely N-dealkylation sites (N-methyl/N-ethyl adjacent to an activating group) is 2. The average Bonchev–Trinajstić information content (AvgIpc) is 2.59. The molecule has 1 atom stereocenters. The maximum absolute atomic E-state index is 12.8. The summed E-state index contributed by atoms with van der Waals surface area (Å²) < 4.78 is 0. The van der Waals surface area contributed by atoms with Crippen LogP contribution in [0.15, 0.2) is 18.3 Å². The molecule has 1 fully saturated rings. The molecule has 0 bridgehead atoms. The molecule has 0 aliphatic carbocycles. The largest absolute Gasteiger partial charge is 0.354 e. The molecular weight excluding hydrogens is 304 g/mol. The number of hydrogen-bond acceptors (Lipinski definition) is 4. The fraction of sp³-hybridized carbons (Fsp3) is 0.611. The molecule has 0 aromatic carbocycles. The third kappa shape index (κ3) is 4.24. The molecule has 0 N–H and O–H groups in total. The summed E-state index contributed by atoms with van der Waals surface area (Å²) in [5.41, 5.74) is 0.589. The Bertz CT molecular complexity index is 588. The van der Waals surface area contributed by atoms with E-state index in [0.29, 0.717) is 18.2 Å². The second-order valence-electron chi connectivity index (χ2n) is 6.55. The molecule has 132 valence electrons. The number of carbonyl (C=O) groups excluding carboxylic acids is 2. The molecule has 2 heterocycles. The van der Waals surface area contributed by atoms with E-state index in [0.717, 1.165) is 25.2 Å². The smallest absolute Gasteiger partial charge is 0.254 e. The number of hydrogen-bond donors (Lipinski definition) is 0. The number of nitrogens with zero attached hydrogens (tertiary/aromatic N) is 4. The van der Waals surface area contributed by atoms with Crippen LogP contribution in [0, 0.1) is 0 Å². The van der Waals surface area contributed by atoms with Crippen LogP contribution in [0.2, 0.25) is 0 Å². The van der Waals surface area contributed by atoms with Crippen LogP contribution in [0.4, 0.5) is 5.82 Å². The summed E-state index contributed by atoms with van der Waals surface area (Å²) in [6.07, 6.45) is 5.24. The van der Waals surface area contributed by atoms with Gasteiger partial charge in [0.1, 0.15) is 5.82 Å². The third-order valence-corrected chi connectivity index (χ3v) is 4.58. The van der Waals surface area contributed by atoms with Crippen LogP contribution in [0.1, 0.15) is 43.5 Å². The highest BCUT2D eigenvalue weighted by molar-refractivity contribution is 5.97. The molecule has 1 aliphatic heterocycles. The standard InChI is InChI=1S/C18H28N4O2/c1-5-21(13-17(23)20(3)4)18(24)15-9-10-19-16(12-15)22-11-7-6-8-14(22)2/h9-10,12,14H,5-8,11,13H2,1-4H3. The normalized spacial score (nSPS) is 17.5. The number of amides is 2. The Morgan fingerprint density at radius 1 is 1.33 bits per heavy atom. The van der Waals surface area contributed by atoms with Gasteiger partial charge in [0.05, 0.1) is 6.54 Å². The first-order valence-corrected chi connectivity index (χ1v) is 8.66. The van der Waals surface area contributed by atoms with E-state index < -0.39 is 0 Å². The van der Waals surface area contributed by atoms with Crippen LogP contribution in [0.5, 0.6) is 0 Å². The summed E-state index contributed by atoms with van der Waals surface area (Å²) >= 11 is 0. The lowest BCUT2D eigenvalue weighted by atomic mass is 10.0. The minimum atomic E-state index is -0.124. The highest BCUT2D eigenvalue weighted by atomic mass is 16.2. The number of anilines is 1. The van der Waals surface area contributed by atoms with Crippen LogP contribution in [0.25, 0.3) is 0 Å². The highest BCUT2D eigenvalue weighted by Crippen LogP contribution is 2.23. The lowest BCUT2D eigenvalue weighted by Gasteiger charge is -2.34. The predicted molar refractivity (Wildman–Crippen MR) is 95.2 cm³/mol. The number of rotatable bonds is 5. The van der Waals surface area contributed by atoms with Crippen LogP contribution >= 0.6 is 0 Å². The number of piperidine rings is 1. The van der Waals surface area contributed by atoms with Crippen molar-refractivity contribution in [3.8, 4) is 0 Å². The van der Waals surface area contributed by atoms with E-state index in [1.54, 1.807) is 31.3 Å². The second kappa shape index (κ2) is 8.13. The van der Waals surface area contributed by atoms with Gasteiger partial charge in [0.15, 0.2) is 0 Å². The van der Waals surface area contributed by atoms with E-state index in [4.69, 9.17) is 0 Å². The van der Waals surface area contributed by atoms with E-state index in [1.807, 2.05) is 13.0 Å². The predicted octanol–water partition coefficient (Wildman–Crippen LogP) is 2.01. The molecule has 0 saturated carbocycles. The number of carbonyl (C=O) groups is 2. The monoisotopic (exact) mass is 332 g/mol. The van der Waals surface area contributed by atoms with Crippen molar-refractivity contribution >= 4 is 17.6 Å². The molecule has 1 aromatic rings. The Morgan fingerprint density at radius 2 is 2.08 bits per heavy atom. The van der Waals surface area contributed by atoms with Crippen molar-refractivity contribution < 1.29 is 9.59 Å². The number of pyridine rings is 1. The topological polar surface area (TPSA) is 56.8 Å². The van der Waals surface area contributed by atoms with Crippen molar-refractivity contribution in [1.29, 1.82) is 0 Å². The fourth-order valence-electron chi connectivity index (χ4n) is 2.96. The van der Waals surface area contributed by atoms with E-state index in [-0.39, 0.29) is 18.4 Å². The van der Waals surface area contributed by atoms with Crippen molar-refractivity contribution in [2.45, 2.75) is 39.2 Å². The minimum Gasteiger partial charge on any atom is -0.354 e. The average molecular weight is 332 g/mol. The van der Waals surface area contributed by atoms with E-state index in [2.05, 4.69) is 16.8 Å². The quantitative estimate of drug-likeness (QED) is 0.828. The molecule has 24 heavy (non-hydrogen) atoms. The summed E-state index contributed by atoms with van der Waals surface area (Å²) in [6.45, 7) is 5.65. The summed E-state index contributed by atoms with van der Waals surface area (Å²) in [5.74, 6) is 0.646. The Kier molecular flexibility index (Phi) is 6.17. The van der Waals surface area contributed by atoms with Gasteiger partial charge in [-0.3, -0.25) is 9.59 Å². The highest BCUT2D eigenvalue weighted by Gasteiger charge is 2.22. The van der Waals surface area contributed by atoms with Gasteiger partial charge in [-0.15, -0.1) is 0 Å². The lowest BCUT2D eigenvalue weighted by Crippen LogP contribution is -2.40. The van der Waals surface area contributed by atoms with Gasteiger partial charge >= 0.3 is 0 Å². The zero-order valence-corrected chi connectivity index (χ0v) is 15.2. The zero-order chi connectivity index (χ0) is 17.7. The molecule has 6 nitrogen and oxygen atoms in total. The van der Waals surface area contributed by atoms with Gasteiger partial charge in [-0.1, -0.05) is 0 Å². The third-order valence-electron chi connectivity index (χ3n) is 4.58. The Balaban J connectivity index is 2.16. The van der Waals surface area contributed by atoms with E-state index in [9.17, 15) is 9.59 Å². The molecule has 6 heteroatoms. The summed E-state index contributed by atoms with van der Waals surface area (Å²) in [6, 6.07) is 4.02. The van der Waals surface area contributed by atoms with E-state index >= 15 is 0 Å². The maximum atomic E-state index is 12.8. The second-order valence-corrected chi connectivity index (χ2v) is 6.55. The Morgan fingerprint density at radius 3 is 2.71 bits per heavy atom. The SMILES string of the molecule is CCN(CC(=O)N(C)C)C(=O)c1ccnc(N2CCCCC2C)c1. The van der Waals surface area contributed by atoms with Gasteiger partial charge in [0.25, 0.3) is 5.91 Å². The van der Waals surface area contributed by atoms with E-state index in [1.165, 1.54) is 11.3 Å². The maximum Gasteiger partial charge on any atom is 0.254 e.